The fourth-order valence-corrected chi connectivity index (χ4v) is 2.09. The quantitative estimate of drug-likeness (QED) is 0.601. The molecule has 0 atom stereocenters. The second kappa shape index (κ2) is 8.46. The number of aryl methyl sites for hydroxylation is 1. The van der Waals surface area contributed by atoms with Crippen molar-refractivity contribution in [2.45, 2.75) is 19.6 Å². The van der Waals surface area contributed by atoms with E-state index in [1.807, 2.05) is 31.2 Å². The van der Waals surface area contributed by atoms with E-state index in [1.54, 1.807) is 12.1 Å². The lowest BCUT2D eigenvalue weighted by Crippen LogP contribution is -2.22. The second-order valence-electron chi connectivity index (χ2n) is 5.58. The van der Waals surface area contributed by atoms with Crippen molar-refractivity contribution in [2.24, 2.45) is 10.7 Å². The minimum Gasteiger partial charge on any atom is -0.493 e. The molecule has 2 rings (SSSR count). The zero-order chi connectivity index (χ0) is 19.2. The summed E-state index contributed by atoms with van der Waals surface area (Å²) in [7, 11) is 1.36. The van der Waals surface area contributed by atoms with Crippen LogP contribution >= 0.6 is 0 Å². The van der Waals surface area contributed by atoms with Gasteiger partial charge in [0.05, 0.1) is 13.7 Å². The molecule has 2 aromatic carbocycles. The van der Waals surface area contributed by atoms with Gasteiger partial charge >= 0.3 is 6.18 Å². The molecule has 0 spiro atoms. The summed E-state index contributed by atoms with van der Waals surface area (Å²) in [5, 5.41) is 2.96. The number of halogens is 3. The summed E-state index contributed by atoms with van der Waals surface area (Å²) in [6.45, 7) is 0.839. The molecule has 5 nitrogen and oxygen atoms in total. The van der Waals surface area contributed by atoms with E-state index in [9.17, 15) is 13.2 Å². The number of rotatable bonds is 6. The van der Waals surface area contributed by atoms with Crippen molar-refractivity contribution in [3.8, 4) is 11.5 Å². The van der Waals surface area contributed by atoms with Crippen LogP contribution in [-0.4, -0.2) is 25.9 Å². The Balaban J connectivity index is 2.01. The van der Waals surface area contributed by atoms with Gasteiger partial charge in [-0.2, -0.15) is 13.2 Å². The molecular weight excluding hydrogens is 347 g/mol. The number of aliphatic imine (C=N–C) groups is 1. The van der Waals surface area contributed by atoms with Gasteiger partial charge in [-0.15, -0.1) is 0 Å². The summed E-state index contributed by atoms with van der Waals surface area (Å²) < 4.78 is 46.6. The predicted molar refractivity (Wildman–Crippen MR) is 94.7 cm³/mol. The summed E-state index contributed by atoms with van der Waals surface area (Å²) in [5.74, 6) is 0.445. The molecule has 8 heteroatoms. The number of guanidine groups is 1. The highest BCUT2D eigenvalue weighted by atomic mass is 19.4. The Hall–Kier alpha value is -2.90. The number of benzene rings is 2. The molecule has 0 saturated carbocycles. The number of nitrogens with two attached hydrogens (primary N) is 1. The summed E-state index contributed by atoms with van der Waals surface area (Å²) in [4.78, 5) is 4.21. The smallest absolute Gasteiger partial charge is 0.422 e. The number of hydrogen-bond donors (Lipinski definition) is 2. The molecule has 0 bridgehead atoms. The van der Waals surface area contributed by atoms with Crippen molar-refractivity contribution in [2.75, 3.05) is 19.0 Å². The third-order valence-electron chi connectivity index (χ3n) is 3.38. The maximum atomic E-state index is 12.3. The third kappa shape index (κ3) is 6.19. The van der Waals surface area contributed by atoms with Crippen molar-refractivity contribution >= 4 is 11.6 Å². The molecular formula is C18H20F3N3O2. The second-order valence-corrected chi connectivity index (χ2v) is 5.58. The number of methoxy groups -OCH3 is 1. The Bertz CT molecular complexity index is 759. The van der Waals surface area contributed by atoms with Crippen LogP contribution in [-0.2, 0) is 6.54 Å². The third-order valence-corrected chi connectivity index (χ3v) is 3.38. The first-order valence-corrected chi connectivity index (χ1v) is 7.77. The number of hydrogen-bond acceptors (Lipinski definition) is 3. The minimum atomic E-state index is -4.41. The van der Waals surface area contributed by atoms with E-state index in [2.05, 4.69) is 10.3 Å². The molecule has 0 aliphatic carbocycles. The van der Waals surface area contributed by atoms with Gasteiger partial charge in [0.25, 0.3) is 0 Å². The number of anilines is 1. The van der Waals surface area contributed by atoms with Gasteiger partial charge in [0.1, 0.15) is 0 Å². The van der Waals surface area contributed by atoms with Gasteiger partial charge in [-0.05, 0) is 36.8 Å². The Kier molecular flexibility index (Phi) is 6.32. The Morgan fingerprint density at radius 2 is 1.81 bits per heavy atom. The van der Waals surface area contributed by atoms with Crippen LogP contribution in [0.2, 0.25) is 0 Å². The van der Waals surface area contributed by atoms with Crippen LogP contribution in [0.5, 0.6) is 11.5 Å². The lowest BCUT2D eigenvalue weighted by atomic mass is 10.2. The predicted octanol–water partition coefficient (Wildman–Crippen LogP) is 3.87. The molecule has 0 fully saturated rings. The lowest BCUT2D eigenvalue weighted by molar-refractivity contribution is -0.153. The molecule has 0 aliphatic heterocycles. The van der Waals surface area contributed by atoms with E-state index >= 15 is 0 Å². The highest BCUT2D eigenvalue weighted by molar-refractivity contribution is 5.92. The molecule has 0 aromatic heterocycles. The minimum absolute atomic E-state index is 0.0170. The fourth-order valence-electron chi connectivity index (χ4n) is 2.09. The molecule has 26 heavy (non-hydrogen) atoms. The molecule has 0 unspecified atom stereocenters. The zero-order valence-corrected chi connectivity index (χ0v) is 14.4. The van der Waals surface area contributed by atoms with E-state index in [1.165, 1.54) is 13.2 Å². The largest absolute Gasteiger partial charge is 0.493 e. The van der Waals surface area contributed by atoms with Gasteiger partial charge < -0.3 is 20.5 Å². The average Bonchev–Trinajstić information content (AvgIpc) is 2.59. The average molecular weight is 367 g/mol. The summed E-state index contributed by atoms with van der Waals surface area (Å²) in [5.41, 5.74) is 8.50. The molecule has 0 heterocycles. The highest BCUT2D eigenvalue weighted by Gasteiger charge is 2.29. The topological polar surface area (TPSA) is 68.9 Å². The maximum Gasteiger partial charge on any atom is 0.422 e. The van der Waals surface area contributed by atoms with E-state index in [0.29, 0.717) is 0 Å². The Morgan fingerprint density at radius 3 is 2.42 bits per heavy atom. The van der Waals surface area contributed by atoms with E-state index in [4.69, 9.17) is 15.2 Å². The molecule has 2 aromatic rings. The summed E-state index contributed by atoms with van der Waals surface area (Å²) >= 11 is 0. The van der Waals surface area contributed by atoms with Gasteiger partial charge in [0, 0.05) is 5.69 Å². The lowest BCUT2D eigenvalue weighted by Gasteiger charge is -2.13. The zero-order valence-electron chi connectivity index (χ0n) is 14.4. The van der Waals surface area contributed by atoms with Crippen LogP contribution in [0, 0.1) is 6.92 Å². The van der Waals surface area contributed by atoms with E-state index in [-0.39, 0.29) is 24.0 Å². The number of ether oxygens (including phenoxy) is 2. The Labute approximate surface area is 149 Å². The van der Waals surface area contributed by atoms with Gasteiger partial charge in [0.2, 0.25) is 0 Å². The normalized spacial score (nSPS) is 12.0. The van der Waals surface area contributed by atoms with Crippen molar-refractivity contribution < 1.29 is 22.6 Å². The molecule has 0 saturated heterocycles. The van der Waals surface area contributed by atoms with Crippen molar-refractivity contribution in [1.82, 2.24) is 0 Å². The fraction of sp³-hybridized carbons (Fsp3) is 0.278. The number of nitrogens with one attached hydrogen (secondary N) is 1. The van der Waals surface area contributed by atoms with Crippen LogP contribution in [0.25, 0.3) is 0 Å². The van der Waals surface area contributed by atoms with Crippen LogP contribution in [0.4, 0.5) is 18.9 Å². The SMILES string of the molecule is COc1cc(CN=C(N)Nc2ccc(C)cc2)ccc1OCC(F)(F)F. The van der Waals surface area contributed by atoms with Crippen LogP contribution in [0.15, 0.2) is 47.5 Å². The van der Waals surface area contributed by atoms with Gasteiger partial charge in [0.15, 0.2) is 24.1 Å². The number of nitrogens with zero attached hydrogens (tertiary/aromatic N) is 1. The van der Waals surface area contributed by atoms with E-state index < -0.39 is 12.8 Å². The number of alkyl halides is 3. The van der Waals surface area contributed by atoms with Gasteiger partial charge in [-0.1, -0.05) is 23.8 Å². The van der Waals surface area contributed by atoms with Crippen molar-refractivity contribution in [3.63, 3.8) is 0 Å². The van der Waals surface area contributed by atoms with E-state index in [0.717, 1.165) is 16.8 Å². The monoisotopic (exact) mass is 367 g/mol. The maximum absolute atomic E-state index is 12.3. The summed E-state index contributed by atoms with van der Waals surface area (Å²) in [6, 6.07) is 12.2. The molecule has 3 N–H and O–H groups in total. The molecule has 0 radical (unpaired) electrons. The standard InChI is InChI=1S/C18H20F3N3O2/c1-12-3-6-14(7-4-12)24-17(22)23-10-13-5-8-15(16(9-13)25-2)26-11-18(19,20)21/h3-9H,10-11H2,1-2H3,(H3,22,23,24). The van der Waals surface area contributed by atoms with Crippen LogP contribution in [0.3, 0.4) is 0 Å². The van der Waals surface area contributed by atoms with Gasteiger partial charge in [-0.3, -0.25) is 0 Å². The van der Waals surface area contributed by atoms with Gasteiger partial charge in [-0.25, -0.2) is 4.99 Å². The van der Waals surface area contributed by atoms with Crippen molar-refractivity contribution in [1.29, 1.82) is 0 Å². The van der Waals surface area contributed by atoms with Crippen molar-refractivity contribution in [3.05, 3.63) is 53.6 Å². The molecule has 0 amide bonds. The van der Waals surface area contributed by atoms with Crippen LogP contribution in [0.1, 0.15) is 11.1 Å². The first kappa shape index (κ1) is 19.4. The van der Waals surface area contributed by atoms with Crippen LogP contribution < -0.4 is 20.5 Å². The molecule has 140 valence electrons. The first-order valence-electron chi connectivity index (χ1n) is 7.77. The molecule has 0 aliphatic rings. The first-order chi connectivity index (χ1) is 12.3. The Morgan fingerprint density at radius 1 is 1.12 bits per heavy atom. The highest BCUT2D eigenvalue weighted by Crippen LogP contribution is 2.30. The summed E-state index contributed by atoms with van der Waals surface area (Å²) in [6.07, 6.45) is -4.41.